The minimum atomic E-state index is -0.594. The van der Waals surface area contributed by atoms with E-state index in [4.69, 9.17) is 0 Å². The van der Waals surface area contributed by atoms with Crippen LogP contribution in [0.4, 0.5) is 0 Å². The van der Waals surface area contributed by atoms with Crippen LogP contribution in [0.15, 0.2) is 59.7 Å². The molecule has 1 aliphatic heterocycles. The fourth-order valence-electron chi connectivity index (χ4n) is 4.20. The number of aliphatic hydroxyl groups excluding tert-OH is 2. The number of nitrogens with zero attached hydrogens (tertiary/aromatic N) is 2. The normalized spacial score (nSPS) is 16.9. The maximum absolute atomic E-state index is 11.6. The quantitative estimate of drug-likeness (QED) is 0.324. The maximum atomic E-state index is 11.6. The Morgan fingerprint density at radius 2 is 1.74 bits per heavy atom. The van der Waals surface area contributed by atoms with Gasteiger partial charge in [0, 0.05) is 55.7 Å². The zero-order valence-electron chi connectivity index (χ0n) is 19.4. The molecule has 1 aliphatic rings. The average molecular weight is 475 g/mol. The molecule has 2 aromatic carbocycles. The zero-order valence-corrected chi connectivity index (χ0v) is 19.4. The molecule has 8 heteroatoms. The van der Waals surface area contributed by atoms with Crippen LogP contribution in [0.25, 0.3) is 0 Å². The van der Waals surface area contributed by atoms with Crippen molar-refractivity contribution < 1.29 is 15.3 Å². The minimum absolute atomic E-state index is 0.141. The van der Waals surface area contributed by atoms with Crippen molar-refractivity contribution in [3.05, 3.63) is 93.2 Å². The van der Waals surface area contributed by atoms with E-state index in [-0.39, 0.29) is 37.3 Å². The van der Waals surface area contributed by atoms with Crippen LogP contribution in [-0.4, -0.2) is 69.1 Å². The molecule has 1 saturated heterocycles. The molecule has 0 aliphatic carbocycles. The monoisotopic (exact) mass is 474 g/mol. The van der Waals surface area contributed by atoms with Crippen LogP contribution in [0.3, 0.4) is 0 Å². The Balaban J connectivity index is 1.39. The fourth-order valence-corrected chi connectivity index (χ4v) is 4.20. The van der Waals surface area contributed by atoms with Crippen LogP contribution >= 0.6 is 0 Å². The van der Waals surface area contributed by atoms with E-state index in [0.717, 1.165) is 42.9 Å². The lowest BCUT2D eigenvalue weighted by atomic mass is 9.94. The molecule has 1 fully saturated rings. The van der Waals surface area contributed by atoms with Gasteiger partial charge in [-0.2, -0.15) is 0 Å². The lowest BCUT2D eigenvalue weighted by molar-refractivity contribution is 0.0946. The van der Waals surface area contributed by atoms with E-state index >= 15 is 0 Å². The highest BCUT2D eigenvalue weighted by Crippen LogP contribution is 2.22. The number of aliphatic hydroxyl groups is 2. The molecular formula is C27H30N4O4. The van der Waals surface area contributed by atoms with Gasteiger partial charge in [-0.05, 0) is 35.4 Å². The number of aromatic amines is 1. The summed E-state index contributed by atoms with van der Waals surface area (Å²) in [5.74, 6) is 5.63. The van der Waals surface area contributed by atoms with Gasteiger partial charge in [-0.15, -0.1) is 0 Å². The minimum Gasteiger partial charge on any atom is -0.502 e. The molecule has 8 nitrogen and oxygen atoms in total. The van der Waals surface area contributed by atoms with Crippen molar-refractivity contribution in [2.75, 3.05) is 32.8 Å². The van der Waals surface area contributed by atoms with E-state index in [1.54, 1.807) is 0 Å². The van der Waals surface area contributed by atoms with Crippen LogP contribution < -0.4 is 10.9 Å². The molecule has 35 heavy (non-hydrogen) atoms. The first-order chi connectivity index (χ1) is 17.1. The van der Waals surface area contributed by atoms with Gasteiger partial charge < -0.3 is 25.6 Å². The van der Waals surface area contributed by atoms with Gasteiger partial charge in [0.05, 0.1) is 25.2 Å². The molecule has 2 heterocycles. The van der Waals surface area contributed by atoms with E-state index in [2.05, 4.69) is 44.2 Å². The Morgan fingerprint density at radius 1 is 1.06 bits per heavy atom. The van der Waals surface area contributed by atoms with Gasteiger partial charge in [0.2, 0.25) is 5.75 Å². The predicted octanol–water partition coefficient (Wildman–Crippen LogP) is 0.960. The summed E-state index contributed by atoms with van der Waals surface area (Å²) in [6, 6.07) is 15.9. The van der Waals surface area contributed by atoms with Gasteiger partial charge in [0.1, 0.15) is 0 Å². The molecule has 0 amide bonds. The molecule has 3 aromatic rings. The Kier molecular flexibility index (Phi) is 8.29. The van der Waals surface area contributed by atoms with Crippen molar-refractivity contribution in [1.29, 1.82) is 0 Å². The first kappa shape index (κ1) is 24.6. The van der Waals surface area contributed by atoms with Crippen molar-refractivity contribution in [3.8, 4) is 17.6 Å². The standard InChI is InChI=1S/C27H30N4O4/c32-16-23(13-25-26(34)27(35)30-18-29-25)22-9-7-20(8-10-22)2-1-19-3-5-21(6-4-19)15-31-12-11-28-14-24(31)17-33/h3-10,18,23-24,28,32-34H,11-17H2,(H,29,30,35)/t23-,24+/m1/s1. The van der Waals surface area contributed by atoms with E-state index in [1.807, 2.05) is 36.4 Å². The Morgan fingerprint density at radius 3 is 2.40 bits per heavy atom. The third-order valence-corrected chi connectivity index (χ3v) is 6.32. The molecule has 2 atom stereocenters. The number of hydrogen-bond donors (Lipinski definition) is 5. The summed E-state index contributed by atoms with van der Waals surface area (Å²) in [6.07, 6.45) is 1.49. The van der Waals surface area contributed by atoms with Crippen molar-refractivity contribution >= 4 is 0 Å². The molecule has 0 saturated carbocycles. The van der Waals surface area contributed by atoms with E-state index in [9.17, 15) is 20.1 Å². The third-order valence-electron chi connectivity index (χ3n) is 6.32. The van der Waals surface area contributed by atoms with E-state index in [1.165, 1.54) is 11.9 Å². The molecule has 0 unspecified atom stereocenters. The van der Waals surface area contributed by atoms with E-state index in [0.29, 0.717) is 0 Å². The predicted molar refractivity (Wildman–Crippen MR) is 133 cm³/mol. The summed E-state index contributed by atoms with van der Waals surface area (Å²) in [4.78, 5) is 20.2. The number of aromatic nitrogens is 2. The van der Waals surface area contributed by atoms with Gasteiger partial charge in [-0.1, -0.05) is 36.1 Å². The van der Waals surface area contributed by atoms with Gasteiger partial charge in [0.25, 0.3) is 5.56 Å². The molecule has 4 rings (SSSR count). The molecule has 0 radical (unpaired) electrons. The van der Waals surface area contributed by atoms with Crippen molar-refractivity contribution in [2.24, 2.45) is 0 Å². The van der Waals surface area contributed by atoms with Crippen LogP contribution in [0, 0.1) is 11.8 Å². The number of hydrogen-bond acceptors (Lipinski definition) is 7. The van der Waals surface area contributed by atoms with Crippen molar-refractivity contribution in [2.45, 2.75) is 24.9 Å². The van der Waals surface area contributed by atoms with Crippen LogP contribution in [0.1, 0.15) is 33.9 Å². The van der Waals surface area contributed by atoms with Gasteiger partial charge in [-0.3, -0.25) is 9.69 Å². The lowest BCUT2D eigenvalue weighted by Gasteiger charge is -2.35. The number of benzene rings is 2. The zero-order chi connectivity index (χ0) is 24.6. The molecule has 182 valence electrons. The van der Waals surface area contributed by atoms with Crippen LogP contribution in [-0.2, 0) is 13.0 Å². The number of piperazine rings is 1. The van der Waals surface area contributed by atoms with Gasteiger partial charge >= 0.3 is 0 Å². The maximum Gasteiger partial charge on any atom is 0.293 e. The summed E-state index contributed by atoms with van der Waals surface area (Å²) in [5.41, 5.74) is 3.49. The lowest BCUT2D eigenvalue weighted by Crippen LogP contribution is -2.52. The second kappa shape index (κ2) is 11.8. The highest BCUT2D eigenvalue weighted by molar-refractivity contribution is 5.44. The summed E-state index contributed by atoms with van der Waals surface area (Å²) in [7, 11) is 0. The first-order valence-electron chi connectivity index (χ1n) is 11.7. The Bertz CT molecular complexity index is 1230. The molecule has 0 bridgehead atoms. The SMILES string of the molecule is O=c1[nH]cnc(C[C@H](CO)c2ccc(C#Cc3ccc(CN4CCNC[C@H]4CO)cc3)cc2)c1O. The first-order valence-corrected chi connectivity index (χ1v) is 11.7. The smallest absolute Gasteiger partial charge is 0.293 e. The number of nitrogens with one attached hydrogen (secondary N) is 2. The van der Waals surface area contributed by atoms with Crippen molar-refractivity contribution in [1.82, 2.24) is 20.2 Å². The number of aromatic hydroxyl groups is 1. The third kappa shape index (κ3) is 6.35. The fraction of sp³-hybridized carbons (Fsp3) is 0.333. The second-order valence-corrected chi connectivity index (χ2v) is 8.69. The largest absolute Gasteiger partial charge is 0.502 e. The summed E-state index contributed by atoms with van der Waals surface area (Å²) < 4.78 is 0. The second-order valence-electron chi connectivity index (χ2n) is 8.69. The molecule has 0 spiro atoms. The Hall–Kier alpha value is -3.48. The summed E-state index contributed by atoms with van der Waals surface area (Å²) >= 11 is 0. The summed E-state index contributed by atoms with van der Waals surface area (Å²) in [5, 5.41) is 32.6. The van der Waals surface area contributed by atoms with E-state index < -0.39 is 11.3 Å². The summed E-state index contributed by atoms with van der Waals surface area (Å²) in [6.45, 7) is 3.48. The molecule has 5 N–H and O–H groups in total. The van der Waals surface area contributed by atoms with Gasteiger partial charge in [0.15, 0.2) is 0 Å². The highest BCUT2D eigenvalue weighted by atomic mass is 16.3. The van der Waals surface area contributed by atoms with Crippen LogP contribution in [0.2, 0.25) is 0 Å². The highest BCUT2D eigenvalue weighted by Gasteiger charge is 2.21. The topological polar surface area (TPSA) is 122 Å². The van der Waals surface area contributed by atoms with Crippen molar-refractivity contribution in [3.63, 3.8) is 0 Å². The van der Waals surface area contributed by atoms with Crippen LogP contribution in [0.5, 0.6) is 5.75 Å². The Labute approximate surface area is 204 Å². The molecular weight excluding hydrogens is 444 g/mol. The average Bonchev–Trinajstić information content (AvgIpc) is 2.90. The van der Waals surface area contributed by atoms with Gasteiger partial charge in [-0.25, -0.2) is 4.98 Å². The molecule has 1 aromatic heterocycles. The number of H-pyrrole nitrogens is 1. The number of rotatable bonds is 7.